The van der Waals surface area contributed by atoms with Crippen LogP contribution in [0.15, 0.2) is 67.0 Å². The van der Waals surface area contributed by atoms with Crippen molar-refractivity contribution < 1.29 is 5.11 Å². The molecule has 4 aromatic rings. The number of nitrogens with zero attached hydrogens (tertiary/aromatic N) is 5. The van der Waals surface area contributed by atoms with Gasteiger partial charge in [0.2, 0.25) is 0 Å². The molecule has 0 unspecified atom stereocenters. The first kappa shape index (κ1) is 18.6. The van der Waals surface area contributed by atoms with Gasteiger partial charge in [-0.1, -0.05) is 30.3 Å². The van der Waals surface area contributed by atoms with E-state index in [1.807, 2.05) is 49.4 Å². The average Bonchev–Trinajstić information content (AvgIpc) is 2.74. The summed E-state index contributed by atoms with van der Waals surface area (Å²) in [6, 6.07) is 17.1. The van der Waals surface area contributed by atoms with E-state index in [1.165, 1.54) is 0 Å². The summed E-state index contributed by atoms with van der Waals surface area (Å²) in [7, 11) is 0. The summed E-state index contributed by atoms with van der Waals surface area (Å²) in [5.41, 5.74) is 3.55. The maximum Gasteiger partial charge on any atom is 0.180 e. The van der Waals surface area contributed by atoms with Gasteiger partial charge in [-0.2, -0.15) is 0 Å². The number of anilines is 2. The second-order valence-electron chi connectivity index (χ2n) is 6.57. The number of nitrogens with one attached hydrogen (secondary N) is 1. The maximum atomic E-state index is 9.30. The molecule has 0 aliphatic rings. The van der Waals surface area contributed by atoms with Crippen LogP contribution in [0.2, 0.25) is 0 Å². The number of pyridine rings is 1. The Morgan fingerprint density at radius 3 is 2.41 bits per heavy atom. The van der Waals surface area contributed by atoms with Gasteiger partial charge in [-0.15, -0.1) is 0 Å². The van der Waals surface area contributed by atoms with E-state index in [0.717, 1.165) is 22.5 Å². The normalized spacial score (nSPS) is 10.7. The summed E-state index contributed by atoms with van der Waals surface area (Å²) in [5.74, 6) is 2.51. The molecular formula is C22H20N6O. The number of aliphatic hydroxyl groups excluding tert-OH is 1. The molecule has 0 amide bonds. The van der Waals surface area contributed by atoms with Crippen LogP contribution in [-0.2, 0) is 13.0 Å². The minimum absolute atomic E-state index is 0.0160. The molecule has 144 valence electrons. The molecular weight excluding hydrogens is 364 g/mol. The van der Waals surface area contributed by atoms with Crippen molar-refractivity contribution in [3.05, 3.63) is 89.6 Å². The zero-order valence-electron chi connectivity index (χ0n) is 15.9. The molecule has 3 heterocycles. The highest BCUT2D eigenvalue weighted by Crippen LogP contribution is 2.17. The Kier molecular flexibility index (Phi) is 5.49. The topological polar surface area (TPSA) is 96.7 Å². The summed E-state index contributed by atoms with van der Waals surface area (Å²) < 4.78 is 0. The fourth-order valence-corrected chi connectivity index (χ4v) is 2.92. The molecule has 0 bridgehead atoms. The second kappa shape index (κ2) is 8.53. The lowest BCUT2D eigenvalue weighted by atomic mass is 10.1. The van der Waals surface area contributed by atoms with E-state index in [4.69, 9.17) is 0 Å². The van der Waals surface area contributed by atoms with Crippen LogP contribution >= 0.6 is 0 Å². The van der Waals surface area contributed by atoms with Crippen LogP contribution < -0.4 is 5.32 Å². The minimum atomic E-state index is 0.0160. The third-order valence-corrected chi connectivity index (χ3v) is 4.27. The summed E-state index contributed by atoms with van der Waals surface area (Å²) in [5, 5.41) is 12.5. The van der Waals surface area contributed by atoms with Crippen molar-refractivity contribution in [3.8, 4) is 11.5 Å². The van der Waals surface area contributed by atoms with Crippen molar-refractivity contribution in [3.63, 3.8) is 0 Å². The van der Waals surface area contributed by atoms with Gasteiger partial charge in [-0.25, -0.2) is 24.9 Å². The fraction of sp³-hybridized carbons (Fsp3) is 0.136. The fourth-order valence-electron chi connectivity index (χ4n) is 2.92. The highest BCUT2D eigenvalue weighted by atomic mass is 16.3. The van der Waals surface area contributed by atoms with Crippen LogP contribution in [0.25, 0.3) is 11.5 Å². The van der Waals surface area contributed by atoms with Crippen molar-refractivity contribution in [2.45, 2.75) is 20.0 Å². The van der Waals surface area contributed by atoms with Gasteiger partial charge >= 0.3 is 0 Å². The van der Waals surface area contributed by atoms with E-state index >= 15 is 0 Å². The molecule has 7 heteroatoms. The Morgan fingerprint density at radius 2 is 1.59 bits per heavy atom. The lowest BCUT2D eigenvalue weighted by Crippen LogP contribution is -2.03. The summed E-state index contributed by atoms with van der Waals surface area (Å²) >= 11 is 0. The van der Waals surface area contributed by atoms with Gasteiger partial charge in [0.15, 0.2) is 5.82 Å². The number of rotatable bonds is 6. The van der Waals surface area contributed by atoms with E-state index in [2.05, 4.69) is 30.2 Å². The molecule has 0 fully saturated rings. The Balaban J connectivity index is 1.53. The Hall–Kier alpha value is -3.71. The summed E-state index contributed by atoms with van der Waals surface area (Å²) in [6.45, 7) is 1.95. The number of aliphatic hydroxyl groups is 1. The molecule has 0 atom stereocenters. The highest BCUT2D eigenvalue weighted by molar-refractivity contribution is 5.56. The lowest BCUT2D eigenvalue weighted by Gasteiger charge is -2.08. The molecule has 7 nitrogen and oxygen atoms in total. The van der Waals surface area contributed by atoms with Crippen LogP contribution in [0.4, 0.5) is 11.6 Å². The highest BCUT2D eigenvalue weighted by Gasteiger charge is 2.07. The van der Waals surface area contributed by atoms with Crippen LogP contribution in [-0.4, -0.2) is 30.0 Å². The standard InChI is InChI=1S/C22H20N6O/c1-15-4-2-7-18(25-15)22-24-11-9-20(28-22)26-19-8-10-23-21(27-19)13-16-5-3-6-17(12-16)14-29/h2-12,29H,13-14H2,1H3,(H,23,24,26,27,28). The molecule has 0 radical (unpaired) electrons. The largest absolute Gasteiger partial charge is 0.392 e. The Bertz CT molecular complexity index is 1130. The minimum Gasteiger partial charge on any atom is -0.392 e. The number of aromatic nitrogens is 5. The first-order valence-electron chi connectivity index (χ1n) is 9.24. The number of benzene rings is 1. The van der Waals surface area contributed by atoms with Crippen molar-refractivity contribution in [2.75, 3.05) is 5.32 Å². The van der Waals surface area contributed by atoms with Crippen molar-refractivity contribution in [1.29, 1.82) is 0 Å². The second-order valence-corrected chi connectivity index (χ2v) is 6.57. The van der Waals surface area contributed by atoms with Crippen molar-refractivity contribution >= 4 is 11.6 Å². The predicted octanol–water partition coefficient (Wildman–Crippen LogP) is 3.46. The van der Waals surface area contributed by atoms with E-state index in [-0.39, 0.29) is 6.61 Å². The molecule has 0 saturated carbocycles. The van der Waals surface area contributed by atoms with E-state index in [1.54, 1.807) is 24.5 Å². The monoisotopic (exact) mass is 384 g/mol. The van der Waals surface area contributed by atoms with Gasteiger partial charge in [0.1, 0.15) is 23.2 Å². The van der Waals surface area contributed by atoms with Crippen LogP contribution in [0.1, 0.15) is 22.6 Å². The van der Waals surface area contributed by atoms with Crippen molar-refractivity contribution in [2.24, 2.45) is 0 Å². The van der Waals surface area contributed by atoms with Gasteiger partial charge in [-0.3, -0.25) is 0 Å². The molecule has 4 rings (SSSR count). The molecule has 1 aromatic carbocycles. The zero-order valence-corrected chi connectivity index (χ0v) is 15.9. The number of hydrogen-bond acceptors (Lipinski definition) is 7. The summed E-state index contributed by atoms with van der Waals surface area (Å²) in [4.78, 5) is 22.3. The molecule has 29 heavy (non-hydrogen) atoms. The SMILES string of the molecule is Cc1cccc(-c2nccc(Nc3ccnc(Cc4cccc(CO)c4)n3)n2)n1. The first-order chi connectivity index (χ1) is 14.2. The van der Waals surface area contributed by atoms with Gasteiger partial charge < -0.3 is 10.4 Å². The van der Waals surface area contributed by atoms with Crippen LogP contribution in [0.3, 0.4) is 0 Å². The van der Waals surface area contributed by atoms with Gasteiger partial charge in [0.05, 0.1) is 6.61 Å². The zero-order chi connectivity index (χ0) is 20.1. The molecule has 0 aliphatic heterocycles. The molecule has 0 saturated heterocycles. The lowest BCUT2D eigenvalue weighted by molar-refractivity contribution is 0.281. The predicted molar refractivity (Wildman–Crippen MR) is 110 cm³/mol. The van der Waals surface area contributed by atoms with Crippen LogP contribution in [0, 0.1) is 6.92 Å². The first-order valence-corrected chi connectivity index (χ1v) is 9.24. The summed E-state index contributed by atoms with van der Waals surface area (Å²) in [6.07, 6.45) is 3.98. The Morgan fingerprint density at radius 1 is 0.828 bits per heavy atom. The third kappa shape index (κ3) is 4.77. The van der Waals surface area contributed by atoms with Crippen molar-refractivity contribution in [1.82, 2.24) is 24.9 Å². The van der Waals surface area contributed by atoms with Gasteiger partial charge in [0.25, 0.3) is 0 Å². The Labute approximate surface area is 168 Å². The van der Waals surface area contributed by atoms with E-state index < -0.39 is 0 Å². The quantitative estimate of drug-likeness (QED) is 0.525. The maximum absolute atomic E-state index is 9.30. The van der Waals surface area contributed by atoms with E-state index in [0.29, 0.717) is 29.7 Å². The molecule has 0 spiro atoms. The third-order valence-electron chi connectivity index (χ3n) is 4.27. The van der Waals surface area contributed by atoms with Gasteiger partial charge in [-0.05, 0) is 42.3 Å². The molecule has 2 N–H and O–H groups in total. The smallest absolute Gasteiger partial charge is 0.180 e. The van der Waals surface area contributed by atoms with Crippen LogP contribution in [0.5, 0.6) is 0 Å². The van der Waals surface area contributed by atoms with Gasteiger partial charge in [0, 0.05) is 24.5 Å². The van der Waals surface area contributed by atoms with E-state index in [9.17, 15) is 5.11 Å². The molecule has 3 aromatic heterocycles. The number of hydrogen-bond donors (Lipinski definition) is 2. The molecule has 0 aliphatic carbocycles. The number of aryl methyl sites for hydroxylation is 1. The average molecular weight is 384 g/mol.